The van der Waals surface area contributed by atoms with Crippen molar-refractivity contribution in [3.8, 4) is 11.5 Å². The van der Waals surface area contributed by atoms with Gasteiger partial charge >= 0.3 is 0 Å². The van der Waals surface area contributed by atoms with E-state index in [1.807, 2.05) is 6.92 Å². The third-order valence-electron chi connectivity index (χ3n) is 4.75. The summed E-state index contributed by atoms with van der Waals surface area (Å²) < 4.78 is 15.2. The zero-order valence-corrected chi connectivity index (χ0v) is 16.5. The molecule has 10 heteroatoms. The Morgan fingerprint density at radius 2 is 1.90 bits per heavy atom. The molecular weight excluding hydrogens is 401 g/mol. The van der Waals surface area contributed by atoms with Crippen LogP contribution < -0.4 is 16.8 Å². The zero-order chi connectivity index (χ0) is 22.1. The van der Waals surface area contributed by atoms with Crippen molar-refractivity contribution in [1.29, 1.82) is 0 Å². The molecular formula is C21H18FN7O2. The van der Waals surface area contributed by atoms with Crippen LogP contribution in [0.15, 0.2) is 48.7 Å². The highest BCUT2D eigenvalue weighted by atomic mass is 19.1. The van der Waals surface area contributed by atoms with Crippen LogP contribution in [0.2, 0.25) is 0 Å². The number of pyridine rings is 1. The number of carbonyl (C=O) groups excluding carboxylic acids is 2. The number of carbonyl (C=O) groups is 2. The Labute approximate surface area is 175 Å². The van der Waals surface area contributed by atoms with Gasteiger partial charge in [-0.15, -0.1) is 10.2 Å². The first-order valence-corrected chi connectivity index (χ1v) is 9.29. The lowest BCUT2D eigenvalue weighted by Crippen LogP contribution is -2.19. The predicted molar refractivity (Wildman–Crippen MR) is 112 cm³/mol. The van der Waals surface area contributed by atoms with E-state index >= 15 is 0 Å². The van der Waals surface area contributed by atoms with Crippen molar-refractivity contribution in [2.75, 3.05) is 5.32 Å². The van der Waals surface area contributed by atoms with Crippen LogP contribution >= 0.6 is 0 Å². The first-order valence-electron chi connectivity index (χ1n) is 9.29. The van der Waals surface area contributed by atoms with Gasteiger partial charge < -0.3 is 21.2 Å². The van der Waals surface area contributed by atoms with Crippen molar-refractivity contribution in [2.45, 2.75) is 13.5 Å². The molecule has 4 aromatic rings. The van der Waals surface area contributed by atoms with Crippen LogP contribution in [0, 0.1) is 12.7 Å². The number of primary amides is 2. The van der Waals surface area contributed by atoms with Gasteiger partial charge in [0.1, 0.15) is 5.82 Å². The smallest absolute Gasteiger partial charge is 0.273 e. The summed E-state index contributed by atoms with van der Waals surface area (Å²) in [5.41, 5.74) is 13.7. The number of aromatic nitrogens is 4. The summed E-state index contributed by atoms with van der Waals surface area (Å²) in [4.78, 5) is 28.0. The van der Waals surface area contributed by atoms with E-state index in [-0.39, 0.29) is 29.7 Å². The third-order valence-corrected chi connectivity index (χ3v) is 4.75. The Morgan fingerprint density at radius 1 is 1.10 bits per heavy atom. The van der Waals surface area contributed by atoms with Crippen LogP contribution in [-0.2, 0) is 6.54 Å². The Morgan fingerprint density at radius 3 is 2.61 bits per heavy atom. The molecule has 0 unspecified atom stereocenters. The molecule has 156 valence electrons. The molecule has 31 heavy (non-hydrogen) atoms. The molecule has 0 fully saturated rings. The normalized spacial score (nSPS) is 10.9. The minimum absolute atomic E-state index is 0.113. The summed E-state index contributed by atoms with van der Waals surface area (Å²) >= 11 is 0. The van der Waals surface area contributed by atoms with E-state index in [4.69, 9.17) is 11.5 Å². The number of halogens is 1. The Hall–Kier alpha value is -4.34. The second-order valence-electron chi connectivity index (χ2n) is 6.90. The highest BCUT2D eigenvalue weighted by molar-refractivity contribution is 6.00. The summed E-state index contributed by atoms with van der Waals surface area (Å²) in [6.07, 6.45) is 1.75. The van der Waals surface area contributed by atoms with E-state index < -0.39 is 11.8 Å². The summed E-state index contributed by atoms with van der Waals surface area (Å²) in [6, 6.07) is 11.1. The minimum atomic E-state index is -0.805. The van der Waals surface area contributed by atoms with Gasteiger partial charge in [0, 0.05) is 12.7 Å². The number of benzene rings is 1. The van der Waals surface area contributed by atoms with Gasteiger partial charge in [-0.25, -0.2) is 9.37 Å². The topological polar surface area (TPSA) is 141 Å². The average molecular weight is 419 g/mol. The SMILES string of the molecule is Cc1cc2c(C(N)=O)cccn2c1-c1nnc(C(N)=O)c(NCc2cccc(F)c2)n1. The molecule has 2 amide bonds. The van der Waals surface area contributed by atoms with Gasteiger partial charge in [0.25, 0.3) is 11.8 Å². The molecule has 9 nitrogen and oxygen atoms in total. The van der Waals surface area contributed by atoms with Crippen LogP contribution in [0.3, 0.4) is 0 Å². The maximum atomic E-state index is 13.5. The van der Waals surface area contributed by atoms with Crippen LogP contribution in [0.4, 0.5) is 10.2 Å². The molecule has 0 saturated heterocycles. The molecule has 3 heterocycles. The van der Waals surface area contributed by atoms with Gasteiger partial charge in [-0.2, -0.15) is 0 Å². The lowest BCUT2D eigenvalue weighted by Gasteiger charge is -2.11. The number of nitrogens with zero attached hydrogens (tertiary/aromatic N) is 4. The molecule has 1 aromatic carbocycles. The zero-order valence-electron chi connectivity index (χ0n) is 16.5. The first kappa shape index (κ1) is 20.0. The minimum Gasteiger partial charge on any atom is -0.366 e. The summed E-state index contributed by atoms with van der Waals surface area (Å²) in [7, 11) is 0. The van der Waals surface area contributed by atoms with Crippen molar-refractivity contribution in [1.82, 2.24) is 19.6 Å². The van der Waals surface area contributed by atoms with Gasteiger partial charge in [-0.1, -0.05) is 12.1 Å². The fourth-order valence-electron chi connectivity index (χ4n) is 3.37. The van der Waals surface area contributed by atoms with Crippen LogP contribution in [0.5, 0.6) is 0 Å². The number of fused-ring (bicyclic) bond motifs is 1. The Balaban J connectivity index is 1.79. The summed E-state index contributed by atoms with van der Waals surface area (Å²) in [5, 5.41) is 11.0. The van der Waals surface area contributed by atoms with E-state index in [1.165, 1.54) is 12.1 Å². The molecule has 0 spiro atoms. The van der Waals surface area contributed by atoms with Crippen molar-refractivity contribution in [3.05, 3.63) is 76.9 Å². The van der Waals surface area contributed by atoms with Crippen molar-refractivity contribution < 1.29 is 14.0 Å². The van der Waals surface area contributed by atoms with Gasteiger partial charge in [0.2, 0.25) is 5.82 Å². The molecule has 0 atom stereocenters. The van der Waals surface area contributed by atoms with E-state index in [1.54, 1.807) is 40.9 Å². The van der Waals surface area contributed by atoms with E-state index in [0.29, 0.717) is 22.3 Å². The molecule has 0 aliphatic heterocycles. The molecule has 0 saturated carbocycles. The number of nitrogens with two attached hydrogens (primary N) is 2. The van der Waals surface area contributed by atoms with E-state index in [2.05, 4.69) is 20.5 Å². The second-order valence-corrected chi connectivity index (χ2v) is 6.90. The van der Waals surface area contributed by atoms with Crippen molar-refractivity contribution >= 4 is 23.1 Å². The number of nitrogens with one attached hydrogen (secondary N) is 1. The van der Waals surface area contributed by atoms with Crippen LogP contribution in [0.25, 0.3) is 17.0 Å². The van der Waals surface area contributed by atoms with Gasteiger partial charge in [-0.3, -0.25) is 9.59 Å². The molecule has 0 aliphatic rings. The van der Waals surface area contributed by atoms with Crippen molar-refractivity contribution in [2.24, 2.45) is 11.5 Å². The quantitative estimate of drug-likeness (QED) is 0.437. The maximum absolute atomic E-state index is 13.5. The Kier molecular flexibility index (Phi) is 5.04. The van der Waals surface area contributed by atoms with E-state index in [9.17, 15) is 14.0 Å². The lowest BCUT2D eigenvalue weighted by atomic mass is 10.2. The molecule has 4 rings (SSSR count). The monoisotopic (exact) mass is 419 g/mol. The van der Waals surface area contributed by atoms with Gasteiger partial charge in [0.05, 0.1) is 16.8 Å². The molecule has 0 radical (unpaired) electrons. The third kappa shape index (κ3) is 3.78. The number of amides is 2. The van der Waals surface area contributed by atoms with Crippen molar-refractivity contribution in [3.63, 3.8) is 0 Å². The maximum Gasteiger partial charge on any atom is 0.273 e. The number of hydrogen-bond acceptors (Lipinski definition) is 6. The largest absolute Gasteiger partial charge is 0.366 e. The fraction of sp³-hybridized carbons (Fsp3) is 0.0952. The summed E-state index contributed by atoms with van der Waals surface area (Å²) in [6.45, 7) is 2.02. The number of aryl methyl sites for hydroxylation is 1. The number of rotatable bonds is 6. The Bertz CT molecular complexity index is 1330. The summed E-state index contributed by atoms with van der Waals surface area (Å²) in [5.74, 6) is -1.42. The fourth-order valence-corrected chi connectivity index (χ4v) is 3.37. The second kappa shape index (κ2) is 7.82. The molecule has 0 aliphatic carbocycles. The lowest BCUT2D eigenvalue weighted by molar-refractivity contribution is 0.0989. The van der Waals surface area contributed by atoms with E-state index in [0.717, 1.165) is 5.56 Å². The first-order chi connectivity index (χ1) is 14.8. The highest BCUT2D eigenvalue weighted by Gasteiger charge is 2.20. The van der Waals surface area contributed by atoms with Gasteiger partial charge in [0.15, 0.2) is 11.5 Å². The standard InChI is InChI=1S/C21H18FN7O2/c1-11-8-15-14(18(23)30)6-3-7-29(15)17(11)21-26-20(16(19(24)31)27-28-21)25-10-12-4-2-5-13(22)9-12/h2-9H,10H2,1H3,(H2,23,30)(H2,24,31)(H,25,26,28). The highest BCUT2D eigenvalue weighted by Crippen LogP contribution is 2.27. The molecule has 3 aromatic heterocycles. The van der Waals surface area contributed by atoms with Gasteiger partial charge in [-0.05, 0) is 48.4 Å². The number of hydrogen-bond donors (Lipinski definition) is 3. The molecule has 5 N–H and O–H groups in total. The van der Waals surface area contributed by atoms with Crippen LogP contribution in [-0.4, -0.2) is 31.4 Å². The molecule has 0 bridgehead atoms. The number of anilines is 1. The van der Waals surface area contributed by atoms with Crippen LogP contribution in [0.1, 0.15) is 32.0 Å². The average Bonchev–Trinajstić information content (AvgIpc) is 3.07. The predicted octanol–water partition coefficient (Wildman–Crippen LogP) is 2.05.